The van der Waals surface area contributed by atoms with E-state index in [1.807, 2.05) is 0 Å². The van der Waals surface area contributed by atoms with Crippen LogP contribution >= 0.6 is 15.9 Å². The summed E-state index contributed by atoms with van der Waals surface area (Å²) in [5.41, 5.74) is 0.291. The average molecular weight is 410 g/mol. The van der Waals surface area contributed by atoms with Crippen molar-refractivity contribution in [2.45, 2.75) is 18.9 Å². The first-order chi connectivity index (χ1) is 12.1. The van der Waals surface area contributed by atoms with E-state index in [1.54, 1.807) is 23.4 Å². The number of carbonyl (C=O) groups excluding carboxylic acids is 1. The number of benzene rings is 1. The molecule has 1 aromatic heterocycles. The largest absolute Gasteiger partial charge is 0.494 e. The van der Waals surface area contributed by atoms with Gasteiger partial charge in [-0.25, -0.2) is 14.4 Å². The zero-order valence-corrected chi connectivity index (χ0v) is 15.2. The second-order valence-corrected chi connectivity index (χ2v) is 6.58. The Bertz CT molecular complexity index is 757. The molecule has 2 aromatic rings. The Labute approximate surface area is 153 Å². The van der Waals surface area contributed by atoms with E-state index in [4.69, 9.17) is 9.47 Å². The smallest absolute Gasteiger partial charge is 0.316 e. The molecular weight excluding hydrogens is 393 g/mol. The first-order valence-corrected chi connectivity index (χ1v) is 8.63. The Balaban J connectivity index is 1.67. The van der Waals surface area contributed by atoms with Crippen LogP contribution in [0, 0.1) is 5.82 Å². The van der Waals surface area contributed by atoms with Crippen LogP contribution in [-0.2, 0) is 0 Å². The molecule has 1 aliphatic rings. The summed E-state index contributed by atoms with van der Waals surface area (Å²) in [6, 6.07) is 4.49. The van der Waals surface area contributed by atoms with Crippen LogP contribution < -0.4 is 9.47 Å². The molecular formula is C17H17BrFN3O3. The summed E-state index contributed by atoms with van der Waals surface area (Å²) in [6.07, 6.45) is 4.62. The van der Waals surface area contributed by atoms with Gasteiger partial charge in [-0.1, -0.05) is 0 Å². The lowest BCUT2D eigenvalue weighted by molar-refractivity contribution is 0.0515. The lowest BCUT2D eigenvalue weighted by Gasteiger charge is -2.32. The van der Waals surface area contributed by atoms with E-state index >= 15 is 0 Å². The van der Waals surface area contributed by atoms with Crippen molar-refractivity contribution in [1.82, 2.24) is 14.9 Å². The third-order valence-electron chi connectivity index (χ3n) is 3.93. The van der Waals surface area contributed by atoms with E-state index in [0.29, 0.717) is 18.7 Å². The molecule has 1 unspecified atom stereocenters. The molecule has 2 heterocycles. The van der Waals surface area contributed by atoms with E-state index in [1.165, 1.54) is 19.2 Å². The Kier molecular flexibility index (Phi) is 5.47. The lowest BCUT2D eigenvalue weighted by atomic mass is 10.1. The van der Waals surface area contributed by atoms with Crippen LogP contribution in [0.1, 0.15) is 23.2 Å². The first-order valence-electron chi connectivity index (χ1n) is 7.84. The highest BCUT2D eigenvalue weighted by atomic mass is 79.9. The number of carbonyl (C=O) groups is 1. The maximum Gasteiger partial charge on any atom is 0.316 e. The minimum absolute atomic E-state index is 0.115. The molecule has 1 aromatic carbocycles. The Morgan fingerprint density at radius 3 is 2.80 bits per heavy atom. The van der Waals surface area contributed by atoms with Crippen molar-refractivity contribution in [2.75, 3.05) is 20.2 Å². The molecule has 0 aliphatic carbocycles. The number of rotatable bonds is 4. The molecule has 8 heteroatoms. The molecule has 0 spiro atoms. The van der Waals surface area contributed by atoms with Crippen molar-refractivity contribution < 1.29 is 18.7 Å². The quantitative estimate of drug-likeness (QED) is 0.776. The number of hydrogen-bond donors (Lipinski definition) is 0. The van der Waals surface area contributed by atoms with Gasteiger partial charge in [0.2, 0.25) is 0 Å². The van der Waals surface area contributed by atoms with Gasteiger partial charge in [-0.15, -0.1) is 0 Å². The lowest BCUT2D eigenvalue weighted by Crippen LogP contribution is -2.44. The molecule has 3 rings (SSSR count). The van der Waals surface area contributed by atoms with Gasteiger partial charge in [0.25, 0.3) is 5.91 Å². The molecule has 1 aliphatic heterocycles. The van der Waals surface area contributed by atoms with Gasteiger partial charge in [0.15, 0.2) is 11.6 Å². The van der Waals surface area contributed by atoms with Gasteiger partial charge >= 0.3 is 6.01 Å². The molecule has 1 atom stereocenters. The number of aromatic nitrogens is 2. The number of likely N-dealkylation sites (tertiary alicyclic amines) is 1. The van der Waals surface area contributed by atoms with Crippen LogP contribution in [0.3, 0.4) is 0 Å². The highest BCUT2D eigenvalue weighted by molar-refractivity contribution is 9.10. The van der Waals surface area contributed by atoms with Crippen molar-refractivity contribution in [1.29, 1.82) is 0 Å². The van der Waals surface area contributed by atoms with Gasteiger partial charge in [0.1, 0.15) is 6.10 Å². The molecule has 0 radical (unpaired) electrons. The number of hydrogen-bond acceptors (Lipinski definition) is 5. The predicted octanol–water partition coefficient (Wildman–Crippen LogP) is 3.07. The van der Waals surface area contributed by atoms with Crippen molar-refractivity contribution in [3.05, 3.63) is 46.4 Å². The van der Waals surface area contributed by atoms with Crippen LogP contribution in [0.5, 0.6) is 11.8 Å². The van der Waals surface area contributed by atoms with Crippen molar-refractivity contribution in [2.24, 2.45) is 0 Å². The highest BCUT2D eigenvalue weighted by Crippen LogP contribution is 2.21. The monoisotopic (exact) mass is 409 g/mol. The molecule has 132 valence electrons. The second kappa shape index (κ2) is 7.77. The van der Waals surface area contributed by atoms with Crippen LogP contribution in [0.15, 0.2) is 35.1 Å². The van der Waals surface area contributed by atoms with Crippen LogP contribution in [0.2, 0.25) is 0 Å². The normalized spacial score (nSPS) is 17.2. The zero-order valence-electron chi connectivity index (χ0n) is 13.6. The van der Waals surface area contributed by atoms with Crippen molar-refractivity contribution in [3.8, 4) is 11.8 Å². The van der Waals surface area contributed by atoms with Crippen LogP contribution in [0.25, 0.3) is 0 Å². The molecule has 0 saturated carbocycles. The molecule has 1 amide bonds. The fourth-order valence-electron chi connectivity index (χ4n) is 2.71. The van der Waals surface area contributed by atoms with Crippen LogP contribution in [0.4, 0.5) is 4.39 Å². The topological polar surface area (TPSA) is 64.5 Å². The van der Waals surface area contributed by atoms with Gasteiger partial charge in [-0.3, -0.25) is 4.79 Å². The van der Waals surface area contributed by atoms with Gasteiger partial charge in [0.05, 0.1) is 18.1 Å². The fraction of sp³-hybridized carbons (Fsp3) is 0.353. The van der Waals surface area contributed by atoms with Crippen molar-refractivity contribution in [3.63, 3.8) is 0 Å². The van der Waals surface area contributed by atoms with Gasteiger partial charge in [0, 0.05) is 24.5 Å². The van der Waals surface area contributed by atoms with Crippen LogP contribution in [-0.4, -0.2) is 47.1 Å². The minimum Gasteiger partial charge on any atom is -0.494 e. The zero-order chi connectivity index (χ0) is 17.8. The summed E-state index contributed by atoms with van der Waals surface area (Å²) in [4.78, 5) is 22.4. The number of nitrogens with zero attached hydrogens (tertiary/aromatic N) is 3. The maximum atomic E-state index is 13.8. The summed E-state index contributed by atoms with van der Waals surface area (Å²) in [5.74, 6) is -0.670. The number of ether oxygens (including phenoxy) is 2. The highest BCUT2D eigenvalue weighted by Gasteiger charge is 2.26. The predicted molar refractivity (Wildman–Crippen MR) is 92.2 cm³/mol. The van der Waals surface area contributed by atoms with E-state index in [2.05, 4.69) is 25.9 Å². The fourth-order valence-corrected chi connectivity index (χ4v) is 2.92. The molecule has 0 bridgehead atoms. The van der Waals surface area contributed by atoms with E-state index in [-0.39, 0.29) is 23.8 Å². The summed E-state index contributed by atoms with van der Waals surface area (Å²) < 4.78 is 25.2. The Morgan fingerprint density at radius 2 is 2.12 bits per heavy atom. The Morgan fingerprint density at radius 1 is 1.36 bits per heavy atom. The summed E-state index contributed by atoms with van der Waals surface area (Å²) in [6.45, 7) is 1.01. The van der Waals surface area contributed by atoms with Gasteiger partial charge < -0.3 is 14.4 Å². The molecule has 1 saturated heterocycles. The van der Waals surface area contributed by atoms with E-state index in [9.17, 15) is 9.18 Å². The third kappa shape index (κ3) is 4.25. The Hall–Kier alpha value is -2.22. The number of methoxy groups -OCH3 is 1. The number of piperidine rings is 1. The molecule has 1 fully saturated rings. The standard InChI is InChI=1S/C17H17BrFN3O3/c1-24-15-5-4-11(7-14(15)19)16(23)22-6-2-3-13(10-22)25-17-20-8-12(18)9-21-17/h4-5,7-9,13H,2-3,6,10H2,1H3. The van der Waals surface area contributed by atoms with Crippen molar-refractivity contribution >= 4 is 21.8 Å². The summed E-state index contributed by atoms with van der Waals surface area (Å²) >= 11 is 3.27. The molecule has 25 heavy (non-hydrogen) atoms. The first kappa shape index (κ1) is 17.6. The number of halogens is 2. The SMILES string of the molecule is COc1ccc(C(=O)N2CCCC(Oc3ncc(Br)cn3)C2)cc1F. The minimum atomic E-state index is -0.554. The average Bonchev–Trinajstić information content (AvgIpc) is 2.63. The third-order valence-corrected chi connectivity index (χ3v) is 4.34. The van der Waals surface area contributed by atoms with Gasteiger partial charge in [-0.05, 0) is 47.0 Å². The summed E-state index contributed by atoms with van der Waals surface area (Å²) in [5, 5.41) is 0. The van der Waals surface area contributed by atoms with E-state index < -0.39 is 5.82 Å². The van der Waals surface area contributed by atoms with E-state index in [0.717, 1.165) is 17.3 Å². The molecule has 6 nitrogen and oxygen atoms in total. The number of amides is 1. The maximum absolute atomic E-state index is 13.8. The van der Waals surface area contributed by atoms with Gasteiger partial charge in [-0.2, -0.15) is 0 Å². The summed E-state index contributed by atoms with van der Waals surface area (Å²) in [7, 11) is 1.39. The molecule has 0 N–H and O–H groups in total. The second-order valence-electron chi connectivity index (χ2n) is 5.67.